The highest BCUT2D eigenvalue weighted by Gasteiger charge is 2.66. The van der Waals surface area contributed by atoms with Crippen LogP contribution < -0.4 is 0 Å². The third kappa shape index (κ3) is 1.90. The summed E-state index contributed by atoms with van der Waals surface area (Å²) in [5.41, 5.74) is 0.231. The first-order valence-electron chi connectivity index (χ1n) is 8.05. The number of carbonyl (C=O) groups excluding carboxylic acids is 2. The van der Waals surface area contributed by atoms with Crippen LogP contribution in [0.5, 0.6) is 0 Å². The summed E-state index contributed by atoms with van der Waals surface area (Å²) in [5, 5.41) is 0. The second kappa shape index (κ2) is 4.27. The summed E-state index contributed by atoms with van der Waals surface area (Å²) in [6.07, 6.45) is 0. The first kappa shape index (κ1) is 14.1. The highest BCUT2D eigenvalue weighted by atomic mass is 16.1. The minimum absolute atomic E-state index is 0.198. The lowest BCUT2D eigenvalue weighted by Crippen LogP contribution is -2.82. The first-order chi connectivity index (χ1) is 10.3. The standard InChI is InChI=1S/C18H23N2O2/c1-17-9-19-10-18(2,16(17)22)12-20(11-17,13-19)8-15(21)14-6-4-3-5-7-14/h3-7H,8-13H2,1-2H3/q+1/t17-,18+,20?. The lowest BCUT2D eigenvalue weighted by Gasteiger charge is -2.64. The second-order valence-electron chi connectivity index (χ2n) is 8.18. The number of rotatable bonds is 3. The Morgan fingerprint density at radius 2 is 1.73 bits per heavy atom. The zero-order valence-corrected chi connectivity index (χ0v) is 13.3. The van der Waals surface area contributed by atoms with Gasteiger partial charge in [0.05, 0.1) is 23.9 Å². The SMILES string of the molecule is C[C@]12CN3C[C@](C)(C[N+](CC(=O)c4ccccc4)(C3)C1)C2=O. The van der Waals surface area contributed by atoms with E-state index in [0.29, 0.717) is 12.3 Å². The van der Waals surface area contributed by atoms with Crippen molar-refractivity contribution < 1.29 is 14.1 Å². The number of ketones is 2. The van der Waals surface area contributed by atoms with Gasteiger partial charge in [0.2, 0.25) is 5.78 Å². The minimum atomic E-state index is -0.277. The van der Waals surface area contributed by atoms with Crippen molar-refractivity contribution in [2.24, 2.45) is 10.8 Å². The number of hydrogen-bond acceptors (Lipinski definition) is 3. The summed E-state index contributed by atoms with van der Waals surface area (Å²) >= 11 is 0. The van der Waals surface area contributed by atoms with Crippen molar-refractivity contribution in [3.8, 4) is 0 Å². The van der Waals surface area contributed by atoms with Gasteiger partial charge < -0.3 is 4.48 Å². The van der Waals surface area contributed by atoms with Gasteiger partial charge in [-0.15, -0.1) is 0 Å². The van der Waals surface area contributed by atoms with E-state index in [1.807, 2.05) is 30.3 Å². The van der Waals surface area contributed by atoms with E-state index in [4.69, 9.17) is 0 Å². The summed E-state index contributed by atoms with van der Waals surface area (Å²) in [6.45, 7) is 8.97. The molecule has 4 aliphatic heterocycles. The predicted octanol–water partition coefficient (Wildman–Crippen LogP) is 1.57. The molecule has 0 spiro atoms. The van der Waals surface area contributed by atoms with Crippen LogP contribution in [0.25, 0.3) is 0 Å². The maximum Gasteiger partial charge on any atom is 0.216 e. The molecular weight excluding hydrogens is 276 g/mol. The van der Waals surface area contributed by atoms with E-state index in [9.17, 15) is 9.59 Å². The molecule has 0 radical (unpaired) electrons. The van der Waals surface area contributed by atoms with Gasteiger partial charge in [-0.2, -0.15) is 0 Å². The average molecular weight is 299 g/mol. The Bertz CT molecular complexity index is 632. The highest BCUT2D eigenvalue weighted by molar-refractivity contribution is 5.97. The molecule has 5 rings (SSSR count). The minimum Gasteiger partial charge on any atom is -0.303 e. The van der Waals surface area contributed by atoms with Gasteiger partial charge in [0, 0.05) is 18.7 Å². The number of benzene rings is 1. The molecule has 0 amide bonds. The van der Waals surface area contributed by atoms with E-state index in [1.54, 1.807) is 0 Å². The van der Waals surface area contributed by atoms with E-state index in [-0.39, 0.29) is 16.6 Å². The smallest absolute Gasteiger partial charge is 0.216 e. The van der Waals surface area contributed by atoms with Gasteiger partial charge in [-0.05, 0) is 13.8 Å². The van der Waals surface area contributed by atoms with Gasteiger partial charge in [0.1, 0.15) is 13.2 Å². The summed E-state index contributed by atoms with van der Waals surface area (Å²) in [4.78, 5) is 27.9. The molecule has 4 heteroatoms. The van der Waals surface area contributed by atoms with Gasteiger partial charge in [-0.1, -0.05) is 30.3 Å². The summed E-state index contributed by atoms with van der Waals surface area (Å²) in [7, 11) is 0. The van der Waals surface area contributed by atoms with Crippen LogP contribution in [0.4, 0.5) is 0 Å². The third-order valence-electron chi connectivity index (χ3n) is 5.69. The van der Waals surface area contributed by atoms with Gasteiger partial charge in [0.15, 0.2) is 5.78 Å². The molecule has 22 heavy (non-hydrogen) atoms. The highest BCUT2D eigenvalue weighted by Crippen LogP contribution is 2.49. The van der Waals surface area contributed by atoms with Crippen LogP contribution in [-0.4, -0.2) is 60.3 Å². The molecular formula is C18H23N2O2+. The molecule has 1 aromatic carbocycles. The van der Waals surface area contributed by atoms with E-state index < -0.39 is 0 Å². The second-order valence-corrected chi connectivity index (χ2v) is 8.18. The summed E-state index contributed by atoms with van der Waals surface area (Å²) in [6, 6.07) is 9.54. The van der Waals surface area contributed by atoms with E-state index in [1.165, 1.54) is 0 Å². The van der Waals surface area contributed by atoms with Gasteiger partial charge in [0.25, 0.3) is 0 Å². The van der Waals surface area contributed by atoms with E-state index in [0.717, 1.165) is 42.9 Å². The maximum absolute atomic E-state index is 12.8. The molecule has 4 fully saturated rings. The van der Waals surface area contributed by atoms with Crippen molar-refractivity contribution in [3.05, 3.63) is 35.9 Å². The lowest BCUT2D eigenvalue weighted by molar-refractivity contribution is -0.956. The molecule has 2 unspecified atom stereocenters. The normalized spacial score (nSPS) is 42.6. The van der Waals surface area contributed by atoms with Gasteiger partial charge >= 0.3 is 0 Å². The van der Waals surface area contributed by atoms with Crippen molar-refractivity contribution in [3.63, 3.8) is 0 Å². The lowest BCUT2D eigenvalue weighted by atomic mass is 9.61. The van der Waals surface area contributed by atoms with Crippen molar-refractivity contribution in [2.75, 3.05) is 39.4 Å². The quantitative estimate of drug-likeness (QED) is 0.628. The molecule has 4 nitrogen and oxygen atoms in total. The Morgan fingerprint density at radius 3 is 2.32 bits per heavy atom. The van der Waals surface area contributed by atoms with Crippen LogP contribution in [0.1, 0.15) is 24.2 Å². The zero-order valence-electron chi connectivity index (χ0n) is 13.3. The largest absolute Gasteiger partial charge is 0.303 e. The zero-order chi connectivity index (χ0) is 15.6. The number of quaternary nitrogens is 1. The van der Waals surface area contributed by atoms with Crippen molar-refractivity contribution in [2.45, 2.75) is 13.8 Å². The van der Waals surface area contributed by atoms with E-state index in [2.05, 4.69) is 18.7 Å². The molecule has 4 heterocycles. The summed E-state index contributed by atoms with van der Waals surface area (Å²) in [5.74, 6) is 0.611. The Labute approximate surface area is 131 Å². The molecule has 0 saturated carbocycles. The summed E-state index contributed by atoms with van der Waals surface area (Å²) < 4.78 is 0.756. The molecule has 1 aromatic rings. The Kier molecular flexibility index (Phi) is 2.73. The number of nitrogens with zero attached hydrogens (tertiary/aromatic N) is 2. The molecule has 0 aromatic heterocycles. The van der Waals surface area contributed by atoms with Crippen LogP contribution in [0.15, 0.2) is 30.3 Å². The number of piperidine rings is 2. The van der Waals surface area contributed by atoms with Crippen molar-refractivity contribution in [1.29, 1.82) is 0 Å². The third-order valence-corrected chi connectivity index (χ3v) is 5.69. The fraction of sp³-hybridized carbons (Fsp3) is 0.556. The topological polar surface area (TPSA) is 37.4 Å². The monoisotopic (exact) mass is 299 g/mol. The van der Waals surface area contributed by atoms with Crippen LogP contribution >= 0.6 is 0 Å². The predicted molar refractivity (Wildman–Crippen MR) is 83.3 cm³/mol. The van der Waals surface area contributed by atoms with Crippen molar-refractivity contribution >= 4 is 11.6 Å². The fourth-order valence-corrected chi connectivity index (χ4v) is 5.50. The molecule has 4 bridgehead atoms. The number of hydrogen-bond donors (Lipinski definition) is 0. The Balaban J connectivity index is 1.65. The molecule has 116 valence electrons. The molecule has 4 saturated heterocycles. The van der Waals surface area contributed by atoms with Crippen LogP contribution in [0, 0.1) is 10.8 Å². The molecule has 4 atom stereocenters. The average Bonchev–Trinajstić information content (AvgIpc) is 2.44. The van der Waals surface area contributed by atoms with E-state index >= 15 is 0 Å². The van der Waals surface area contributed by atoms with Crippen LogP contribution in [-0.2, 0) is 4.79 Å². The number of carbonyl (C=O) groups is 2. The molecule has 4 aliphatic rings. The maximum atomic E-state index is 12.8. The van der Waals surface area contributed by atoms with Crippen molar-refractivity contribution in [1.82, 2.24) is 4.90 Å². The Hall–Kier alpha value is -1.52. The Morgan fingerprint density at radius 1 is 1.14 bits per heavy atom. The first-order valence-corrected chi connectivity index (χ1v) is 8.05. The number of Topliss-reactive ketones (excluding diaryl/α,β-unsaturated/α-hetero) is 2. The van der Waals surface area contributed by atoms with Crippen LogP contribution in [0.3, 0.4) is 0 Å². The van der Waals surface area contributed by atoms with Crippen LogP contribution in [0.2, 0.25) is 0 Å². The molecule has 0 aliphatic carbocycles. The molecule has 0 N–H and O–H groups in total. The van der Waals surface area contributed by atoms with Gasteiger partial charge in [-0.3, -0.25) is 14.5 Å². The van der Waals surface area contributed by atoms with Gasteiger partial charge in [-0.25, -0.2) is 0 Å². The fourth-order valence-electron chi connectivity index (χ4n) is 5.50.